The standard InChI is InChI=1S/C29H27N5O3/c1-36-24-13-14-25(27(19-24)37-2)28-26(20-34(32-28)22-7-4-3-5-8-22)29(35)30-17-15-21-9-11-23(12-10-21)33-18-6-16-31-33/h3-14,16,18-20H,15,17H2,1-2H3,(H,30,35). The molecular weight excluding hydrogens is 466 g/mol. The molecule has 1 amide bonds. The van der Waals surface area contributed by atoms with E-state index in [1.165, 1.54) is 0 Å². The summed E-state index contributed by atoms with van der Waals surface area (Å²) in [5, 5.41) is 12.1. The minimum atomic E-state index is -0.205. The third kappa shape index (κ3) is 5.23. The average molecular weight is 494 g/mol. The lowest BCUT2D eigenvalue weighted by atomic mass is 10.1. The summed E-state index contributed by atoms with van der Waals surface area (Å²) < 4.78 is 14.5. The van der Waals surface area contributed by atoms with Gasteiger partial charge < -0.3 is 14.8 Å². The monoisotopic (exact) mass is 493 g/mol. The van der Waals surface area contributed by atoms with E-state index in [2.05, 4.69) is 10.4 Å². The van der Waals surface area contributed by atoms with Crippen molar-refractivity contribution < 1.29 is 14.3 Å². The number of aromatic nitrogens is 4. The number of rotatable bonds is 9. The Kier molecular flexibility index (Phi) is 6.98. The number of carbonyl (C=O) groups is 1. The highest BCUT2D eigenvalue weighted by Gasteiger charge is 2.21. The summed E-state index contributed by atoms with van der Waals surface area (Å²) in [5.41, 5.74) is 4.66. The average Bonchev–Trinajstić information content (AvgIpc) is 3.65. The highest BCUT2D eigenvalue weighted by atomic mass is 16.5. The molecule has 5 aromatic rings. The number of benzene rings is 3. The van der Waals surface area contributed by atoms with Gasteiger partial charge in [-0.2, -0.15) is 10.2 Å². The van der Waals surface area contributed by atoms with Crippen molar-refractivity contribution in [3.8, 4) is 34.1 Å². The first-order valence-corrected chi connectivity index (χ1v) is 11.9. The van der Waals surface area contributed by atoms with Crippen LogP contribution in [0.2, 0.25) is 0 Å². The molecule has 0 spiro atoms. The molecule has 5 rings (SSSR count). The van der Waals surface area contributed by atoms with Crippen molar-refractivity contribution in [2.75, 3.05) is 20.8 Å². The number of carbonyl (C=O) groups excluding carboxylic acids is 1. The van der Waals surface area contributed by atoms with E-state index in [-0.39, 0.29) is 5.91 Å². The van der Waals surface area contributed by atoms with E-state index in [0.717, 1.165) is 16.9 Å². The summed E-state index contributed by atoms with van der Waals surface area (Å²) >= 11 is 0. The van der Waals surface area contributed by atoms with E-state index >= 15 is 0 Å². The number of amides is 1. The van der Waals surface area contributed by atoms with Gasteiger partial charge in [0.05, 0.1) is 31.2 Å². The van der Waals surface area contributed by atoms with Gasteiger partial charge in [-0.15, -0.1) is 0 Å². The van der Waals surface area contributed by atoms with Gasteiger partial charge in [0.2, 0.25) is 0 Å². The quantitative estimate of drug-likeness (QED) is 0.321. The van der Waals surface area contributed by atoms with Crippen molar-refractivity contribution in [2.45, 2.75) is 6.42 Å². The van der Waals surface area contributed by atoms with Crippen LogP contribution in [0.3, 0.4) is 0 Å². The predicted octanol–water partition coefficient (Wildman–Crippen LogP) is 4.71. The summed E-state index contributed by atoms with van der Waals surface area (Å²) in [7, 11) is 3.19. The highest BCUT2D eigenvalue weighted by Crippen LogP contribution is 2.34. The molecule has 0 saturated carbocycles. The van der Waals surface area contributed by atoms with Gasteiger partial charge in [-0.1, -0.05) is 30.3 Å². The highest BCUT2D eigenvalue weighted by molar-refractivity contribution is 6.00. The Morgan fingerprint density at radius 1 is 0.892 bits per heavy atom. The topological polar surface area (TPSA) is 83.2 Å². The summed E-state index contributed by atoms with van der Waals surface area (Å²) in [6.07, 6.45) is 6.10. The molecule has 0 aliphatic carbocycles. The Hall–Kier alpha value is -4.85. The van der Waals surface area contributed by atoms with Gasteiger partial charge in [0.1, 0.15) is 17.2 Å². The molecule has 1 N–H and O–H groups in total. The van der Waals surface area contributed by atoms with Crippen LogP contribution in [0.15, 0.2) is 97.5 Å². The maximum absolute atomic E-state index is 13.4. The Morgan fingerprint density at radius 2 is 1.68 bits per heavy atom. The van der Waals surface area contributed by atoms with E-state index < -0.39 is 0 Å². The van der Waals surface area contributed by atoms with Crippen LogP contribution in [-0.4, -0.2) is 46.2 Å². The number of methoxy groups -OCH3 is 2. The smallest absolute Gasteiger partial charge is 0.255 e. The molecule has 37 heavy (non-hydrogen) atoms. The van der Waals surface area contributed by atoms with Crippen LogP contribution in [0.1, 0.15) is 15.9 Å². The summed E-state index contributed by atoms with van der Waals surface area (Å²) in [4.78, 5) is 13.4. The second kappa shape index (κ2) is 10.8. The summed E-state index contributed by atoms with van der Waals surface area (Å²) in [5.74, 6) is 1.03. The van der Waals surface area contributed by atoms with Gasteiger partial charge in [-0.3, -0.25) is 4.79 Å². The van der Waals surface area contributed by atoms with Crippen LogP contribution in [0, 0.1) is 0 Å². The Morgan fingerprint density at radius 3 is 2.38 bits per heavy atom. The lowest BCUT2D eigenvalue weighted by Crippen LogP contribution is -2.25. The lowest BCUT2D eigenvalue weighted by molar-refractivity contribution is 0.0954. The fraction of sp³-hybridized carbons (Fsp3) is 0.138. The van der Waals surface area contributed by atoms with E-state index in [4.69, 9.17) is 14.6 Å². The fourth-order valence-electron chi connectivity index (χ4n) is 4.10. The Bertz CT molecular complexity index is 1480. The SMILES string of the molecule is COc1ccc(-c2nn(-c3ccccc3)cc2C(=O)NCCc2ccc(-n3cccn3)cc2)c(OC)c1. The zero-order valence-corrected chi connectivity index (χ0v) is 20.7. The number of hydrogen-bond donors (Lipinski definition) is 1. The summed E-state index contributed by atoms with van der Waals surface area (Å²) in [6.45, 7) is 0.482. The zero-order chi connectivity index (χ0) is 25.6. The molecule has 0 saturated heterocycles. The summed E-state index contributed by atoms with van der Waals surface area (Å²) in [6, 6.07) is 25.2. The number of nitrogens with zero attached hydrogens (tertiary/aromatic N) is 4. The van der Waals surface area contributed by atoms with Gasteiger partial charge in [0.15, 0.2) is 0 Å². The van der Waals surface area contributed by atoms with Crippen molar-refractivity contribution in [1.82, 2.24) is 24.9 Å². The maximum Gasteiger partial charge on any atom is 0.255 e. The van der Waals surface area contributed by atoms with Crippen LogP contribution in [0.25, 0.3) is 22.6 Å². The fourth-order valence-corrected chi connectivity index (χ4v) is 4.10. The van der Waals surface area contributed by atoms with Crippen molar-refractivity contribution in [3.05, 3.63) is 109 Å². The van der Waals surface area contributed by atoms with Gasteiger partial charge in [-0.25, -0.2) is 9.36 Å². The predicted molar refractivity (Wildman–Crippen MR) is 142 cm³/mol. The van der Waals surface area contributed by atoms with Gasteiger partial charge in [-0.05, 0) is 54.4 Å². The Balaban J connectivity index is 1.37. The second-order valence-electron chi connectivity index (χ2n) is 8.36. The van der Waals surface area contributed by atoms with E-state index in [1.54, 1.807) is 37.4 Å². The Labute approximate surface area is 215 Å². The molecule has 8 nitrogen and oxygen atoms in total. The van der Waals surface area contributed by atoms with Crippen LogP contribution in [0.5, 0.6) is 11.5 Å². The molecule has 0 aliphatic heterocycles. The first kappa shape index (κ1) is 23.9. The number of hydrogen-bond acceptors (Lipinski definition) is 5. The van der Waals surface area contributed by atoms with Crippen molar-refractivity contribution in [2.24, 2.45) is 0 Å². The third-order valence-electron chi connectivity index (χ3n) is 6.05. The molecule has 8 heteroatoms. The van der Waals surface area contributed by atoms with Crippen LogP contribution < -0.4 is 14.8 Å². The van der Waals surface area contributed by atoms with Gasteiger partial charge in [0, 0.05) is 36.8 Å². The molecule has 0 fully saturated rings. The van der Waals surface area contributed by atoms with Crippen LogP contribution in [-0.2, 0) is 6.42 Å². The normalized spacial score (nSPS) is 10.8. The van der Waals surface area contributed by atoms with E-state index in [0.29, 0.717) is 41.3 Å². The first-order chi connectivity index (χ1) is 18.2. The molecule has 2 aromatic heterocycles. The maximum atomic E-state index is 13.4. The zero-order valence-electron chi connectivity index (χ0n) is 20.7. The third-order valence-corrected chi connectivity index (χ3v) is 6.05. The molecule has 0 bridgehead atoms. The molecule has 2 heterocycles. The largest absolute Gasteiger partial charge is 0.497 e. The molecule has 0 atom stereocenters. The van der Waals surface area contributed by atoms with E-state index in [9.17, 15) is 4.79 Å². The van der Waals surface area contributed by atoms with Crippen LogP contribution in [0.4, 0.5) is 0 Å². The number of para-hydroxylation sites is 1. The molecule has 0 aliphatic rings. The minimum Gasteiger partial charge on any atom is -0.497 e. The van der Waals surface area contributed by atoms with Crippen molar-refractivity contribution in [3.63, 3.8) is 0 Å². The molecule has 0 unspecified atom stereocenters. The van der Waals surface area contributed by atoms with Gasteiger partial charge >= 0.3 is 0 Å². The number of ether oxygens (including phenoxy) is 2. The van der Waals surface area contributed by atoms with Crippen molar-refractivity contribution >= 4 is 5.91 Å². The second-order valence-corrected chi connectivity index (χ2v) is 8.36. The molecular formula is C29H27N5O3. The minimum absolute atomic E-state index is 0.205. The lowest BCUT2D eigenvalue weighted by Gasteiger charge is -2.10. The molecule has 0 radical (unpaired) electrons. The molecule has 3 aromatic carbocycles. The van der Waals surface area contributed by atoms with Crippen molar-refractivity contribution in [1.29, 1.82) is 0 Å². The van der Waals surface area contributed by atoms with Gasteiger partial charge in [0.25, 0.3) is 5.91 Å². The van der Waals surface area contributed by atoms with Crippen LogP contribution >= 0.6 is 0 Å². The number of nitrogens with one attached hydrogen (secondary N) is 1. The first-order valence-electron chi connectivity index (χ1n) is 11.9. The molecule has 186 valence electrons. The van der Waals surface area contributed by atoms with E-state index in [1.807, 2.05) is 83.7 Å².